The Hall–Kier alpha value is -1.33. The Bertz CT molecular complexity index is 394. The average Bonchev–Trinajstić information content (AvgIpc) is 2.21. The van der Waals surface area contributed by atoms with Crippen molar-refractivity contribution < 1.29 is 9.90 Å². The van der Waals surface area contributed by atoms with E-state index in [0.29, 0.717) is 5.02 Å². The topological polar surface area (TPSA) is 61.4 Å². The summed E-state index contributed by atoms with van der Waals surface area (Å²) in [6, 6.07) is 6.20. The van der Waals surface area contributed by atoms with Gasteiger partial charge in [0.25, 0.3) is 0 Å². The van der Waals surface area contributed by atoms with Crippen molar-refractivity contribution in [3.05, 3.63) is 29.3 Å². The molecule has 1 aromatic carbocycles. The number of halogens is 1. The molecule has 1 unspecified atom stereocenters. The molecule has 6 heteroatoms. The Kier molecular flexibility index (Phi) is 4.52. The van der Waals surface area contributed by atoms with Crippen LogP contribution >= 0.6 is 23.8 Å². The fourth-order valence-electron chi connectivity index (χ4n) is 0.959. The molecule has 0 spiro atoms. The van der Waals surface area contributed by atoms with Crippen LogP contribution in [0, 0.1) is 0 Å². The maximum absolute atomic E-state index is 10.6. The largest absolute Gasteiger partial charge is 0.480 e. The summed E-state index contributed by atoms with van der Waals surface area (Å²) in [4.78, 5) is 10.6. The van der Waals surface area contributed by atoms with Crippen molar-refractivity contribution in [1.29, 1.82) is 0 Å². The molecule has 0 saturated heterocycles. The monoisotopic (exact) mass is 258 g/mol. The van der Waals surface area contributed by atoms with Gasteiger partial charge in [0.2, 0.25) is 0 Å². The number of hydrogen-bond donors (Lipinski definition) is 3. The Morgan fingerprint density at radius 1 is 1.44 bits per heavy atom. The summed E-state index contributed by atoms with van der Waals surface area (Å²) in [5, 5.41) is 15.0. The predicted octanol–water partition coefficient (Wildman–Crippen LogP) is 2.10. The Morgan fingerprint density at radius 2 is 2.00 bits per heavy atom. The molecule has 86 valence electrons. The van der Waals surface area contributed by atoms with Gasteiger partial charge in [-0.1, -0.05) is 11.6 Å². The quantitative estimate of drug-likeness (QED) is 0.725. The van der Waals surface area contributed by atoms with E-state index in [1.807, 2.05) is 0 Å². The zero-order chi connectivity index (χ0) is 12.1. The molecule has 0 amide bonds. The molecule has 1 rings (SSSR count). The van der Waals surface area contributed by atoms with Crippen LogP contribution in [0.5, 0.6) is 0 Å². The molecule has 0 aliphatic heterocycles. The number of rotatable bonds is 3. The first-order valence-electron chi connectivity index (χ1n) is 4.55. The van der Waals surface area contributed by atoms with E-state index >= 15 is 0 Å². The maximum atomic E-state index is 10.6. The van der Waals surface area contributed by atoms with Crippen molar-refractivity contribution in [3.63, 3.8) is 0 Å². The molecular formula is C10H11ClN2O2S. The Labute approximate surface area is 104 Å². The number of aliphatic carboxylic acids is 1. The van der Waals surface area contributed by atoms with Crippen LogP contribution < -0.4 is 10.6 Å². The lowest BCUT2D eigenvalue weighted by molar-refractivity contribution is -0.138. The molecule has 0 aromatic heterocycles. The molecule has 4 nitrogen and oxygen atoms in total. The highest BCUT2D eigenvalue weighted by molar-refractivity contribution is 7.80. The molecule has 0 saturated carbocycles. The van der Waals surface area contributed by atoms with E-state index in [2.05, 4.69) is 10.6 Å². The van der Waals surface area contributed by atoms with Gasteiger partial charge in [-0.15, -0.1) is 0 Å². The number of thiocarbonyl (C=S) groups is 1. The zero-order valence-corrected chi connectivity index (χ0v) is 10.1. The predicted molar refractivity (Wildman–Crippen MR) is 67.9 cm³/mol. The van der Waals surface area contributed by atoms with Crippen LogP contribution in [0.1, 0.15) is 6.92 Å². The zero-order valence-electron chi connectivity index (χ0n) is 8.53. The SMILES string of the molecule is CC(NC(=S)Nc1ccc(Cl)cc1)C(=O)O. The van der Waals surface area contributed by atoms with Crippen molar-refractivity contribution >= 4 is 40.6 Å². The lowest BCUT2D eigenvalue weighted by Gasteiger charge is -2.13. The molecule has 0 aliphatic carbocycles. The molecule has 0 aliphatic rings. The minimum absolute atomic E-state index is 0.261. The van der Waals surface area contributed by atoms with Gasteiger partial charge in [0.05, 0.1) is 0 Å². The van der Waals surface area contributed by atoms with E-state index in [1.165, 1.54) is 6.92 Å². The van der Waals surface area contributed by atoms with Crippen molar-refractivity contribution in [2.75, 3.05) is 5.32 Å². The molecule has 0 fully saturated rings. The van der Waals surface area contributed by atoms with E-state index in [-0.39, 0.29) is 5.11 Å². The summed E-state index contributed by atoms with van der Waals surface area (Å²) in [5.74, 6) is -0.958. The van der Waals surface area contributed by atoms with Gasteiger partial charge in [-0.25, -0.2) is 0 Å². The van der Waals surface area contributed by atoms with Gasteiger partial charge in [-0.05, 0) is 43.4 Å². The first-order chi connectivity index (χ1) is 7.49. The minimum atomic E-state index is -0.958. The third-order valence-electron chi connectivity index (χ3n) is 1.82. The maximum Gasteiger partial charge on any atom is 0.325 e. The van der Waals surface area contributed by atoms with Gasteiger partial charge >= 0.3 is 5.97 Å². The van der Waals surface area contributed by atoms with E-state index in [4.69, 9.17) is 28.9 Å². The van der Waals surface area contributed by atoms with E-state index in [9.17, 15) is 4.79 Å². The smallest absolute Gasteiger partial charge is 0.325 e. The second-order valence-electron chi connectivity index (χ2n) is 3.17. The lowest BCUT2D eigenvalue weighted by Crippen LogP contribution is -2.40. The van der Waals surface area contributed by atoms with Crippen molar-refractivity contribution in [1.82, 2.24) is 5.32 Å². The Morgan fingerprint density at radius 3 is 2.50 bits per heavy atom. The summed E-state index contributed by atoms with van der Waals surface area (Å²) in [6.07, 6.45) is 0. The van der Waals surface area contributed by atoms with Crippen molar-refractivity contribution in [3.8, 4) is 0 Å². The van der Waals surface area contributed by atoms with Crippen LogP contribution in [-0.2, 0) is 4.79 Å². The molecule has 0 bridgehead atoms. The molecule has 0 heterocycles. The number of benzene rings is 1. The van der Waals surface area contributed by atoms with Gasteiger partial charge in [-0.2, -0.15) is 0 Å². The van der Waals surface area contributed by atoms with Crippen LogP contribution in [0.15, 0.2) is 24.3 Å². The number of hydrogen-bond acceptors (Lipinski definition) is 2. The second kappa shape index (κ2) is 5.67. The van der Waals surface area contributed by atoms with Gasteiger partial charge < -0.3 is 15.7 Å². The van der Waals surface area contributed by atoms with Gasteiger partial charge in [-0.3, -0.25) is 4.79 Å². The lowest BCUT2D eigenvalue weighted by atomic mass is 10.3. The number of nitrogens with one attached hydrogen (secondary N) is 2. The van der Waals surface area contributed by atoms with Gasteiger partial charge in [0.15, 0.2) is 5.11 Å². The summed E-state index contributed by atoms with van der Waals surface area (Å²) in [7, 11) is 0. The summed E-state index contributed by atoms with van der Waals surface area (Å²) in [5.41, 5.74) is 0.750. The van der Waals surface area contributed by atoms with Crippen LogP contribution in [0.25, 0.3) is 0 Å². The summed E-state index contributed by atoms with van der Waals surface area (Å²) in [6.45, 7) is 1.51. The molecular weight excluding hydrogens is 248 g/mol. The van der Waals surface area contributed by atoms with Gasteiger partial charge in [0, 0.05) is 10.7 Å². The third-order valence-corrected chi connectivity index (χ3v) is 2.29. The number of carbonyl (C=O) groups is 1. The molecule has 1 atom stereocenters. The number of carboxylic acid groups (broad SMARTS) is 1. The van der Waals surface area contributed by atoms with Crippen LogP contribution in [0.3, 0.4) is 0 Å². The fourth-order valence-corrected chi connectivity index (χ4v) is 1.38. The highest BCUT2D eigenvalue weighted by Gasteiger charge is 2.11. The van der Waals surface area contributed by atoms with E-state index in [1.54, 1.807) is 24.3 Å². The highest BCUT2D eigenvalue weighted by atomic mass is 35.5. The van der Waals surface area contributed by atoms with Gasteiger partial charge in [0.1, 0.15) is 6.04 Å². The van der Waals surface area contributed by atoms with Crippen molar-refractivity contribution in [2.45, 2.75) is 13.0 Å². The molecule has 16 heavy (non-hydrogen) atoms. The van der Waals surface area contributed by atoms with Crippen molar-refractivity contribution in [2.24, 2.45) is 0 Å². The molecule has 0 radical (unpaired) electrons. The number of anilines is 1. The second-order valence-corrected chi connectivity index (χ2v) is 4.01. The first kappa shape index (κ1) is 12.7. The third kappa shape index (κ3) is 4.04. The highest BCUT2D eigenvalue weighted by Crippen LogP contribution is 2.13. The minimum Gasteiger partial charge on any atom is -0.480 e. The first-order valence-corrected chi connectivity index (χ1v) is 5.33. The normalized spacial score (nSPS) is 11.6. The van der Waals surface area contributed by atoms with E-state index in [0.717, 1.165) is 5.69 Å². The number of carboxylic acids is 1. The standard InChI is InChI=1S/C10H11ClN2O2S/c1-6(9(14)15)12-10(16)13-8-4-2-7(11)3-5-8/h2-6H,1H3,(H,14,15)(H2,12,13,16). The average molecular weight is 259 g/mol. The summed E-state index contributed by atoms with van der Waals surface area (Å²) >= 11 is 10.7. The summed E-state index contributed by atoms with van der Waals surface area (Å²) < 4.78 is 0. The van der Waals surface area contributed by atoms with Crippen LogP contribution in [-0.4, -0.2) is 22.2 Å². The van der Waals surface area contributed by atoms with Crippen LogP contribution in [0.2, 0.25) is 5.02 Å². The molecule has 1 aromatic rings. The van der Waals surface area contributed by atoms with Crippen LogP contribution in [0.4, 0.5) is 5.69 Å². The molecule has 3 N–H and O–H groups in total. The fraction of sp³-hybridized carbons (Fsp3) is 0.200. The van der Waals surface area contributed by atoms with E-state index < -0.39 is 12.0 Å². The Balaban J connectivity index is 2.52.